The quantitative estimate of drug-likeness (QED) is 0.437. The Bertz CT molecular complexity index is 1200. The van der Waals surface area contributed by atoms with Crippen LogP contribution in [0.2, 0.25) is 0 Å². The van der Waals surface area contributed by atoms with E-state index in [1.54, 1.807) is 31.4 Å². The summed E-state index contributed by atoms with van der Waals surface area (Å²) in [6.45, 7) is 0. The highest BCUT2D eigenvalue weighted by Gasteiger charge is 2.13. The van der Waals surface area contributed by atoms with Crippen LogP contribution in [-0.2, 0) is 4.79 Å². The van der Waals surface area contributed by atoms with E-state index in [4.69, 9.17) is 4.74 Å². The molecule has 0 aliphatic carbocycles. The molecule has 0 bridgehead atoms. The molecule has 0 fully saturated rings. The topological polar surface area (TPSA) is 64.1 Å². The first-order valence-corrected chi connectivity index (χ1v) is 10.2. The van der Waals surface area contributed by atoms with Gasteiger partial charge in [-0.25, -0.2) is 4.39 Å². The average Bonchev–Trinajstić information content (AvgIpc) is 2.78. The molecule has 0 aliphatic rings. The van der Waals surface area contributed by atoms with Crippen LogP contribution in [0, 0.1) is 5.82 Å². The van der Waals surface area contributed by atoms with Crippen LogP contribution in [0.4, 0.5) is 10.1 Å². The van der Waals surface area contributed by atoms with Crippen molar-refractivity contribution in [2.45, 2.75) is 5.03 Å². The number of amides is 1. The first kappa shape index (κ1) is 19.8. The number of aromatic nitrogens is 2. The Morgan fingerprint density at radius 2 is 1.77 bits per heavy atom. The second-order valence-electron chi connectivity index (χ2n) is 6.48. The maximum Gasteiger partial charge on any atom is 0.234 e. The number of fused-ring (bicyclic) bond motifs is 1. The Morgan fingerprint density at radius 1 is 1.00 bits per heavy atom. The van der Waals surface area contributed by atoms with E-state index in [0.717, 1.165) is 16.3 Å². The van der Waals surface area contributed by atoms with E-state index >= 15 is 0 Å². The van der Waals surface area contributed by atoms with Gasteiger partial charge in [0.25, 0.3) is 0 Å². The third kappa shape index (κ3) is 4.41. The molecule has 1 N–H and O–H groups in total. The Kier molecular flexibility index (Phi) is 5.90. The van der Waals surface area contributed by atoms with E-state index in [9.17, 15) is 9.18 Å². The fourth-order valence-electron chi connectivity index (χ4n) is 3.04. The van der Waals surface area contributed by atoms with Crippen LogP contribution in [0.5, 0.6) is 5.75 Å². The summed E-state index contributed by atoms with van der Waals surface area (Å²) in [6.07, 6.45) is 0. The van der Waals surface area contributed by atoms with Crippen molar-refractivity contribution in [1.82, 2.24) is 10.2 Å². The number of thioether (sulfide) groups is 1. The van der Waals surface area contributed by atoms with Crippen LogP contribution in [0.15, 0.2) is 77.8 Å². The van der Waals surface area contributed by atoms with Gasteiger partial charge in [-0.15, -0.1) is 10.2 Å². The molecule has 150 valence electrons. The SMILES string of the molecule is COc1cccc(NC(=O)CSc2nnc(-c3ccc(F)cc3)c3ccccc23)c1. The molecule has 0 aliphatic heterocycles. The van der Waals surface area contributed by atoms with Gasteiger partial charge in [0.05, 0.1) is 12.9 Å². The van der Waals surface area contributed by atoms with Gasteiger partial charge < -0.3 is 10.1 Å². The molecule has 4 rings (SSSR count). The number of hydrogen-bond acceptors (Lipinski definition) is 5. The fourth-order valence-corrected chi connectivity index (χ4v) is 3.81. The summed E-state index contributed by atoms with van der Waals surface area (Å²) in [7, 11) is 1.58. The zero-order valence-corrected chi connectivity index (χ0v) is 16.9. The zero-order valence-electron chi connectivity index (χ0n) is 16.1. The lowest BCUT2D eigenvalue weighted by molar-refractivity contribution is -0.113. The molecule has 7 heteroatoms. The van der Waals surface area contributed by atoms with Gasteiger partial charge in [0.2, 0.25) is 5.91 Å². The van der Waals surface area contributed by atoms with Crippen LogP contribution in [0.1, 0.15) is 0 Å². The van der Waals surface area contributed by atoms with Gasteiger partial charge in [-0.05, 0) is 36.4 Å². The molecule has 30 heavy (non-hydrogen) atoms. The molecule has 0 saturated carbocycles. The van der Waals surface area contributed by atoms with Crippen LogP contribution in [-0.4, -0.2) is 29.0 Å². The summed E-state index contributed by atoms with van der Waals surface area (Å²) in [4.78, 5) is 12.4. The van der Waals surface area contributed by atoms with Crippen molar-refractivity contribution in [2.24, 2.45) is 0 Å². The van der Waals surface area contributed by atoms with Gasteiger partial charge in [-0.2, -0.15) is 0 Å². The summed E-state index contributed by atoms with van der Waals surface area (Å²) in [6, 6.07) is 21.1. The Labute approximate surface area is 177 Å². The number of ether oxygens (including phenoxy) is 1. The van der Waals surface area contributed by atoms with Gasteiger partial charge in [0.15, 0.2) is 0 Å². The van der Waals surface area contributed by atoms with Crippen molar-refractivity contribution in [3.8, 4) is 17.0 Å². The molecule has 0 spiro atoms. The van der Waals surface area contributed by atoms with E-state index in [0.29, 0.717) is 22.2 Å². The van der Waals surface area contributed by atoms with E-state index < -0.39 is 0 Å². The van der Waals surface area contributed by atoms with Crippen molar-refractivity contribution >= 4 is 34.1 Å². The molecule has 0 atom stereocenters. The second-order valence-corrected chi connectivity index (χ2v) is 7.44. The van der Waals surface area contributed by atoms with E-state index in [1.807, 2.05) is 36.4 Å². The Balaban J connectivity index is 1.54. The summed E-state index contributed by atoms with van der Waals surface area (Å²) < 4.78 is 18.4. The Hall–Kier alpha value is -3.45. The smallest absolute Gasteiger partial charge is 0.234 e. The lowest BCUT2D eigenvalue weighted by atomic mass is 10.1. The minimum Gasteiger partial charge on any atom is -0.497 e. The molecule has 0 radical (unpaired) electrons. The van der Waals surface area contributed by atoms with E-state index in [2.05, 4.69) is 15.5 Å². The number of nitrogens with one attached hydrogen (secondary N) is 1. The molecular formula is C23H18FN3O2S. The predicted molar refractivity (Wildman–Crippen MR) is 117 cm³/mol. The average molecular weight is 419 g/mol. The molecule has 4 aromatic rings. The van der Waals surface area contributed by atoms with Crippen molar-refractivity contribution in [2.75, 3.05) is 18.2 Å². The number of hydrogen-bond donors (Lipinski definition) is 1. The molecule has 3 aromatic carbocycles. The standard InChI is InChI=1S/C23H18FN3O2S/c1-29-18-6-4-5-17(13-18)25-21(28)14-30-23-20-8-3-2-7-19(20)22(26-27-23)15-9-11-16(24)12-10-15/h2-13H,14H2,1H3,(H,25,28). The van der Waals surface area contributed by atoms with Crippen LogP contribution >= 0.6 is 11.8 Å². The van der Waals surface area contributed by atoms with Gasteiger partial charge >= 0.3 is 0 Å². The number of benzene rings is 3. The minimum atomic E-state index is -0.301. The van der Waals surface area contributed by atoms with Crippen molar-refractivity contribution in [1.29, 1.82) is 0 Å². The number of methoxy groups -OCH3 is 1. The molecule has 5 nitrogen and oxygen atoms in total. The summed E-state index contributed by atoms with van der Waals surface area (Å²) in [5.74, 6) is 0.409. The third-order valence-electron chi connectivity index (χ3n) is 4.46. The third-order valence-corrected chi connectivity index (χ3v) is 5.45. The zero-order chi connectivity index (χ0) is 20.9. The molecule has 1 amide bonds. The van der Waals surface area contributed by atoms with Crippen LogP contribution < -0.4 is 10.1 Å². The van der Waals surface area contributed by atoms with Crippen molar-refractivity contribution in [3.05, 3.63) is 78.6 Å². The lowest BCUT2D eigenvalue weighted by Gasteiger charge is -2.10. The number of halogens is 1. The normalized spacial score (nSPS) is 10.7. The molecule has 0 unspecified atom stereocenters. The molecule has 0 saturated heterocycles. The number of carbonyl (C=O) groups is 1. The number of carbonyl (C=O) groups excluding carboxylic acids is 1. The largest absolute Gasteiger partial charge is 0.497 e. The molecule has 1 heterocycles. The lowest BCUT2D eigenvalue weighted by Crippen LogP contribution is -2.14. The first-order chi connectivity index (χ1) is 14.6. The van der Waals surface area contributed by atoms with Gasteiger partial charge in [0.1, 0.15) is 22.3 Å². The highest BCUT2D eigenvalue weighted by Crippen LogP contribution is 2.31. The molecular weight excluding hydrogens is 401 g/mol. The second kappa shape index (κ2) is 8.92. The van der Waals surface area contributed by atoms with Crippen LogP contribution in [0.25, 0.3) is 22.0 Å². The first-order valence-electron chi connectivity index (χ1n) is 9.22. The van der Waals surface area contributed by atoms with E-state index in [-0.39, 0.29) is 17.5 Å². The van der Waals surface area contributed by atoms with Gasteiger partial charge in [-0.1, -0.05) is 42.1 Å². The van der Waals surface area contributed by atoms with Gasteiger partial charge in [-0.3, -0.25) is 4.79 Å². The summed E-state index contributed by atoms with van der Waals surface area (Å²) in [5, 5.41) is 14.0. The number of nitrogens with zero attached hydrogens (tertiary/aromatic N) is 2. The maximum absolute atomic E-state index is 13.3. The Morgan fingerprint density at radius 3 is 2.53 bits per heavy atom. The number of anilines is 1. The monoisotopic (exact) mass is 419 g/mol. The summed E-state index contributed by atoms with van der Waals surface area (Å²) in [5.41, 5.74) is 2.13. The number of rotatable bonds is 6. The van der Waals surface area contributed by atoms with Gasteiger partial charge in [0, 0.05) is 28.1 Å². The van der Waals surface area contributed by atoms with Crippen LogP contribution in [0.3, 0.4) is 0 Å². The maximum atomic E-state index is 13.3. The minimum absolute atomic E-state index is 0.151. The molecule has 1 aromatic heterocycles. The highest BCUT2D eigenvalue weighted by atomic mass is 32.2. The fraction of sp³-hybridized carbons (Fsp3) is 0.0870. The predicted octanol–water partition coefficient (Wildman–Crippen LogP) is 5.18. The summed E-state index contributed by atoms with van der Waals surface area (Å²) >= 11 is 1.32. The van der Waals surface area contributed by atoms with E-state index in [1.165, 1.54) is 23.9 Å². The highest BCUT2D eigenvalue weighted by molar-refractivity contribution is 8.00. The van der Waals surface area contributed by atoms with Crippen molar-refractivity contribution < 1.29 is 13.9 Å². The van der Waals surface area contributed by atoms with Crippen molar-refractivity contribution in [3.63, 3.8) is 0 Å².